The van der Waals surface area contributed by atoms with Gasteiger partial charge in [0.1, 0.15) is 0 Å². The summed E-state index contributed by atoms with van der Waals surface area (Å²) in [6, 6.07) is 9.49. The third-order valence-corrected chi connectivity index (χ3v) is 3.00. The minimum atomic E-state index is 0.614. The first-order valence-electron chi connectivity index (χ1n) is 6.63. The van der Waals surface area contributed by atoms with E-state index in [1.807, 2.05) is 7.05 Å². The van der Waals surface area contributed by atoms with Crippen LogP contribution in [0.25, 0.3) is 0 Å². The minimum Gasteiger partial charge on any atom is -0.316 e. The maximum Gasteiger partial charge on any atom is 0.0236 e. The van der Waals surface area contributed by atoms with Gasteiger partial charge in [-0.15, -0.1) is 0 Å². The lowest BCUT2D eigenvalue weighted by Crippen LogP contribution is -2.31. The second kappa shape index (κ2) is 7.46. The average Bonchev–Trinajstić information content (AvgIpc) is 2.29. The standard InChI is InChI=1S/C15H26N2/c1-5-9-17(13(2)3)12-15-8-6-7-14(10-15)11-16-4/h6-8,10,13,16H,5,9,11-12H2,1-4H3. The van der Waals surface area contributed by atoms with E-state index in [9.17, 15) is 0 Å². The van der Waals surface area contributed by atoms with Crippen LogP contribution in [0.2, 0.25) is 0 Å². The van der Waals surface area contributed by atoms with Gasteiger partial charge in [-0.1, -0.05) is 31.2 Å². The molecule has 1 aromatic rings. The van der Waals surface area contributed by atoms with E-state index in [1.54, 1.807) is 0 Å². The quantitative estimate of drug-likeness (QED) is 0.780. The lowest BCUT2D eigenvalue weighted by Gasteiger charge is -2.26. The first-order chi connectivity index (χ1) is 8.17. The average molecular weight is 234 g/mol. The van der Waals surface area contributed by atoms with E-state index >= 15 is 0 Å². The molecule has 1 rings (SSSR count). The second-order valence-electron chi connectivity index (χ2n) is 4.91. The molecule has 0 unspecified atom stereocenters. The number of rotatable bonds is 7. The Bertz CT molecular complexity index is 320. The molecule has 0 saturated heterocycles. The van der Waals surface area contributed by atoms with Gasteiger partial charge in [-0.25, -0.2) is 0 Å². The molecule has 0 aliphatic carbocycles. The van der Waals surface area contributed by atoms with Gasteiger partial charge >= 0.3 is 0 Å². The Morgan fingerprint density at radius 1 is 1.24 bits per heavy atom. The molecule has 0 saturated carbocycles. The summed E-state index contributed by atoms with van der Waals surface area (Å²) in [6.07, 6.45) is 1.22. The van der Waals surface area contributed by atoms with Crippen molar-refractivity contribution in [2.75, 3.05) is 13.6 Å². The Morgan fingerprint density at radius 2 is 1.94 bits per heavy atom. The van der Waals surface area contributed by atoms with E-state index < -0.39 is 0 Å². The highest BCUT2D eigenvalue weighted by atomic mass is 15.1. The zero-order chi connectivity index (χ0) is 12.7. The van der Waals surface area contributed by atoms with Crippen molar-refractivity contribution in [3.63, 3.8) is 0 Å². The van der Waals surface area contributed by atoms with Gasteiger partial charge in [-0.05, 0) is 45.0 Å². The summed E-state index contributed by atoms with van der Waals surface area (Å²) in [5.41, 5.74) is 2.78. The van der Waals surface area contributed by atoms with Crippen LogP contribution in [0.4, 0.5) is 0 Å². The maximum absolute atomic E-state index is 3.20. The lowest BCUT2D eigenvalue weighted by atomic mass is 10.1. The molecule has 0 aliphatic heterocycles. The topological polar surface area (TPSA) is 15.3 Å². The van der Waals surface area contributed by atoms with Crippen molar-refractivity contribution in [3.05, 3.63) is 35.4 Å². The molecule has 17 heavy (non-hydrogen) atoms. The van der Waals surface area contributed by atoms with Crippen molar-refractivity contribution in [3.8, 4) is 0 Å². The Hall–Kier alpha value is -0.860. The van der Waals surface area contributed by atoms with E-state index in [-0.39, 0.29) is 0 Å². The summed E-state index contributed by atoms with van der Waals surface area (Å²) < 4.78 is 0. The van der Waals surface area contributed by atoms with E-state index in [0.717, 1.165) is 13.1 Å². The van der Waals surface area contributed by atoms with Crippen LogP contribution in [-0.2, 0) is 13.1 Å². The largest absolute Gasteiger partial charge is 0.316 e. The van der Waals surface area contributed by atoms with Crippen molar-refractivity contribution in [2.45, 2.75) is 46.3 Å². The van der Waals surface area contributed by atoms with Crippen molar-refractivity contribution < 1.29 is 0 Å². The van der Waals surface area contributed by atoms with E-state index in [2.05, 4.69) is 55.3 Å². The monoisotopic (exact) mass is 234 g/mol. The van der Waals surface area contributed by atoms with Gasteiger partial charge in [0.15, 0.2) is 0 Å². The van der Waals surface area contributed by atoms with Gasteiger partial charge < -0.3 is 5.32 Å². The molecule has 0 fully saturated rings. The molecule has 0 spiro atoms. The minimum absolute atomic E-state index is 0.614. The Kier molecular flexibility index (Phi) is 6.23. The molecule has 0 amide bonds. The number of hydrogen-bond donors (Lipinski definition) is 1. The third-order valence-electron chi connectivity index (χ3n) is 3.00. The molecule has 2 nitrogen and oxygen atoms in total. The lowest BCUT2D eigenvalue weighted by molar-refractivity contribution is 0.213. The maximum atomic E-state index is 3.20. The summed E-state index contributed by atoms with van der Waals surface area (Å²) in [5, 5.41) is 3.20. The molecule has 0 aromatic heterocycles. The fraction of sp³-hybridized carbons (Fsp3) is 0.600. The molecular weight excluding hydrogens is 208 g/mol. The molecule has 0 aliphatic rings. The highest BCUT2D eigenvalue weighted by Crippen LogP contribution is 2.11. The predicted octanol–water partition coefficient (Wildman–Crippen LogP) is 3.03. The number of nitrogens with one attached hydrogen (secondary N) is 1. The van der Waals surface area contributed by atoms with E-state index in [1.165, 1.54) is 24.1 Å². The third kappa shape index (κ3) is 4.88. The summed E-state index contributed by atoms with van der Waals surface area (Å²) in [5.74, 6) is 0. The number of benzene rings is 1. The number of nitrogens with zero attached hydrogens (tertiary/aromatic N) is 1. The van der Waals surface area contributed by atoms with Gasteiger partial charge in [-0.2, -0.15) is 0 Å². The molecule has 1 N–H and O–H groups in total. The molecule has 0 radical (unpaired) electrons. The van der Waals surface area contributed by atoms with Crippen LogP contribution < -0.4 is 5.32 Å². The smallest absolute Gasteiger partial charge is 0.0236 e. The normalized spacial score (nSPS) is 11.4. The van der Waals surface area contributed by atoms with Crippen molar-refractivity contribution in [1.82, 2.24) is 10.2 Å². The van der Waals surface area contributed by atoms with Crippen LogP contribution in [0.15, 0.2) is 24.3 Å². The summed E-state index contributed by atoms with van der Waals surface area (Å²) >= 11 is 0. The van der Waals surface area contributed by atoms with Crippen molar-refractivity contribution >= 4 is 0 Å². The fourth-order valence-corrected chi connectivity index (χ4v) is 2.08. The molecular formula is C15H26N2. The van der Waals surface area contributed by atoms with E-state index in [4.69, 9.17) is 0 Å². The van der Waals surface area contributed by atoms with Crippen LogP contribution in [-0.4, -0.2) is 24.5 Å². The first-order valence-corrected chi connectivity index (χ1v) is 6.63. The predicted molar refractivity (Wildman–Crippen MR) is 75.0 cm³/mol. The highest BCUT2D eigenvalue weighted by molar-refractivity contribution is 5.23. The van der Waals surface area contributed by atoms with Gasteiger partial charge in [0.25, 0.3) is 0 Å². The van der Waals surface area contributed by atoms with Crippen LogP contribution in [0.3, 0.4) is 0 Å². The van der Waals surface area contributed by atoms with Gasteiger partial charge in [0, 0.05) is 19.1 Å². The van der Waals surface area contributed by atoms with Crippen molar-refractivity contribution in [2.24, 2.45) is 0 Å². The van der Waals surface area contributed by atoms with Crippen LogP contribution in [0.5, 0.6) is 0 Å². The molecule has 0 heterocycles. The molecule has 96 valence electrons. The molecule has 0 atom stereocenters. The summed E-state index contributed by atoms with van der Waals surface area (Å²) in [4.78, 5) is 2.53. The Labute approximate surface area is 106 Å². The SMILES string of the molecule is CCCN(Cc1cccc(CNC)c1)C(C)C. The fourth-order valence-electron chi connectivity index (χ4n) is 2.08. The van der Waals surface area contributed by atoms with E-state index in [0.29, 0.717) is 6.04 Å². The first kappa shape index (κ1) is 14.2. The zero-order valence-corrected chi connectivity index (χ0v) is 11.7. The van der Waals surface area contributed by atoms with Gasteiger partial charge in [0.2, 0.25) is 0 Å². The molecule has 1 aromatic carbocycles. The second-order valence-corrected chi connectivity index (χ2v) is 4.91. The highest BCUT2D eigenvalue weighted by Gasteiger charge is 2.08. The van der Waals surface area contributed by atoms with Gasteiger partial charge in [0.05, 0.1) is 0 Å². The number of hydrogen-bond acceptors (Lipinski definition) is 2. The Balaban J connectivity index is 2.68. The summed E-state index contributed by atoms with van der Waals surface area (Å²) in [6.45, 7) is 9.97. The van der Waals surface area contributed by atoms with Gasteiger partial charge in [-0.3, -0.25) is 4.90 Å². The van der Waals surface area contributed by atoms with Crippen LogP contribution >= 0.6 is 0 Å². The molecule has 0 bridgehead atoms. The zero-order valence-electron chi connectivity index (χ0n) is 11.7. The summed E-state index contributed by atoms with van der Waals surface area (Å²) in [7, 11) is 1.99. The Morgan fingerprint density at radius 3 is 2.53 bits per heavy atom. The van der Waals surface area contributed by atoms with Crippen LogP contribution in [0, 0.1) is 0 Å². The van der Waals surface area contributed by atoms with Crippen molar-refractivity contribution in [1.29, 1.82) is 0 Å². The molecule has 2 heteroatoms. The van der Waals surface area contributed by atoms with Crippen LogP contribution in [0.1, 0.15) is 38.3 Å².